The minimum absolute atomic E-state index is 0.115. The minimum Gasteiger partial charge on any atom is -0.492 e. The summed E-state index contributed by atoms with van der Waals surface area (Å²) in [7, 11) is 0. The van der Waals surface area contributed by atoms with E-state index >= 15 is 0 Å². The van der Waals surface area contributed by atoms with Gasteiger partial charge < -0.3 is 26.0 Å². The van der Waals surface area contributed by atoms with Gasteiger partial charge in [-0.15, -0.1) is 0 Å². The molecule has 0 aromatic heterocycles. The summed E-state index contributed by atoms with van der Waals surface area (Å²) < 4.78 is 5.50. The van der Waals surface area contributed by atoms with Crippen LogP contribution in [0.5, 0.6) is 5.75 Å². The van der Waals surface area contributed by atoms with Crippen LogP contribution in [-0.2, 0) is 0 Å². The molecular weight excluding hydrogens is 328 g/mol. The lowest BCUT2D eigenvalue weighted by Gasteiger charge is -2.29. The van der Waals surface area contributed by atoms with Gasteiger partial charge in [0.1, 0.15) is 12.4 Å². The molecule has 2 aromatic carbocycles. The summed E-state index contributed by atoms with van der Waals surface area (Å²) in [6, 6.07) is 13.4. The number of carbonyl (C=O) groups excluding carboxylic acids is 1. The predicted octanol–water partition coefficient (Wildman–Crippen LogP) is 1.99. The van der Waals surface area contributed by atoms with Gasteiger partial charge in [0.05, 0.1) is 0 Å². The van der Waals surface area contributed by atoms with Gasteiger partial charge in [-0.2, -0.15) is 0 Å². The quantitative estimate of drug-likeness (QED) is 0.739. The molecule has 0 spiro atoms. The van der Waals surface area contributed by atoms with Crippen molar-refractivity contribution in [2.24, 2.45) is 5.73 Å². The molecule has 1 saturated heterocycles. The van der Waals surface area contributed by atoms with Crippen LogP contribution in [0.4, 0.5) is 11.4 Å². The summed E-state index contributed by atoms with van der Waals surface area (Å²) >= 11 is 0. The van der Waals surface area contributed by atoms with E-state index in [0.29, 0.717) is 18.7 Å². The number of amides is 1. The Labute approximate surface area is 154 Å². The molecule has 26 heavy (non-hydrogen) atoms. The van der Waals surface area contributed by atoms with E-state index in [4.69, 9.17) is 10.5 Å². The van der Waals surface area contributed by atoms with Crippen molar-refractivity contribution < 1.29 is 9.53 Å². The molecule has 1 fully saturated rings. The standard InChI is InChI=1S/C20H26N4O2/c1-15-14-18(26-13-8-21)6-7-19(15)23-20(25)16-2-4-17(5-3-16)24-11-9-22-10-12-24/h2-7,14,22H,8-13,21H2,1H3,(H,23,25). The summed E-state index contributed by atoms with van der Waals surface area (Å²) in [6.45, 7) is 6.86. The molecule has 1 aliphatic heterocycles. The lowest BCUT2D eigenvalue weighted by atomic mass is 10.1. The van der Waals surface area contributed by atoms with E-state index in [2.05, 4.69) is 15.5 Å². The second-order valence-corrected chi connectivity index (χ2v) is 6.35. The van der Waals surface area contributed by atoms with E-state index in [-0.39, 0.29) is 5.91 Å². The number of nitrogens with zero attached hydrogens (tertiary/aromatic N) is 1. The van der Waals surface area contributed by atoms with Gasteiger partial charge in [-0.1, -0.05) is 0 Å². The van der Waals surface area contributed by atoms with E-state index in [1.54, 1.807) is 0 Å². The lowest BCUT2D eigenvalue weighted by Crippen LogP contribution is -2.43. The number of hydrogen-bond acceptors (Lipinski definition) is 5. The van der Waals surface area contributed by atoms with E-state index < -0.39 is 0 Å². The Morgan fingerprint density at radius 1 is 1.19 bits per heavy atom. The second kappa shape index (κ2) is 8.69. The molecule has 3 rings (SSSR count). The Morgan fingerprint density at radius 3 is 2.58 bits per heavy atom. The van der Waals surface area contributed by atoms with E-state index in [1.807, 2.05) is 49.4 Å². The number of carbonyl (C=O) groups is 1. The Kier molecular flexibility index (Phi) is 6.09. The molecule has 1 heterocycles. The van der Waals surface area contributed by atoms with Crippen LogP contribution in [0.3, 0.4) is 0 Å². The van der Waals surface area contributed by atoms with Gasteiger partial charge in [0.25, 0.3) is 5.91 Å². The predicted molar refractivity (Wildman–Crippen MR) is 105 cm³/mol. The SMILES string of the molecule is Cc1cc(OCCN)ccc1NC(=O)c1ccc(N2CCNCC2)cc1. The number of hydrogen-bond donors (Lipinski definition) is 3. The molecule has 6 nitrogen and oxygen atoms in total. The molecule has 0 aliphatic carbocycles. The molecule has 4 N–H and O–H groups in total. The third-order valence-corrected chi connectivity index (χ3v) is 4.44. The van der Waals surface area contributed by atoms with Crippen LogP contribution in [0.1, 0.15) is 15.9 Å². The normalized spacial score (nSPS) is 14.2. The summed E-state index contributed by atoms with van der Waals surface area (Å²) in [5.74, 6) is 0.641. The largest absolute Gasteiger partial charge is 0.492 e. The molecule has 6 heteroatoms. The van der Waals surface area contributed by atoms with Gasteiger partial charge in [-0.25, -0.2) is 0 Å². The number of rotatable bonds is 6. The lowest BCUT2D eigenvalue weighted by molar-refractivity contribution is 0.102. The van der Waals surface area contributed by atoms with Gasteiger partial charge in [0.15, 0.2) is 0 Å². The van der Waals surface area contributed by atoms with Crippen LogP contribution in [0.25, 0.3) is 0 Å². The number of ether oxygens (including phenoxy) is 1. The van der Waals surface area contributed by atoms with Crippen LogP contribution in [0, 0.1) is 6.92 Å². The van der Waals surface area contributed by atoms with Crippen molar-refractivity contribution in [2.45, 2.75) is 6.92 Å². The Bertz CT molecular complexity index is 740. The van der Waals surface area contributed by atoms with Crippen molar-refractivity contribution in [1.29, 1.82) is 0 Å². The third kappa shape index (κ3) is 4.53. The van der Waals surface area contributed by atoms with Gasteiger partial charge >= 0.3 is 0 Å². The van der Waals surface area contributed by atoms with Crippen molar-refractivity contribution in [1.82, 2.24) is 5.32 Å². The second-order valence-electron chi connectivity index (χ2n) is 6.35. The van der Waals surface area contributed by atoms with E-state index in [9.17, 15) is 4.79 Å². The number of benzene rings is 2. The van der Waals surface area contributed by atoms with Crippen molar-refractivity contribution in [2.75, 3.05) is 49.5 Å². The van der Waals surface area contributed by atoms with Gasteiger partial charge in [0, 0.05) is 49.7 Å². The van der Waals surface area contributed by atoms with Crippen molar-refractivity contribution in [3.8, 4) is 5.75 Å². The molecule has 0 atom stereocenters. The monoisotopic (exact) mass is 354 g/mol. The van der Waals surface area contributed by atoms with Crippen molar-refractivity contribution in [3.63, 3.8) is 0 Å². The van der Waals surface area contributed by atoms with Crippen LogP contribution in [0.2, 0.25) is 0 Å². The number of nitrogens with one attached hydrogen (secondary N) is 2. The molecule has 0 bridgehead atoms. The fraction of sp³-hybridized carbons (Fsp3) is 0.350. The van der Waals surface area contributed by atoms with Gasteiger partial charge in [-0.3, -0.25) is 4.79 Å². The van der Waals surface area contributed by atoms with Crippen LogP contribution in [0.15, 0.2) is 42.5 Å². The maximum atomic E-state index is 12.5. The highest BCUT2D eigenvalue weighted by Crippen LogP contribution is 2.22. The van der Waals surface area contributed by atoms with Crippen molar-refractivity contribution in [3.05, 3.63) is 53.6 Å². The summed E-state index contributed by atoms with van der Waals surface area (Å²) in [5, 5.41) is 6.31. The first kappa shape index (κ1) is 18.2. The Balaban J connectivity index is 1.64. The highest BCUT2D eigenvalue weighted by atomic mass is 16.5. The number of nitrogens with two attached hydrogens (primary N) is 1. The molecule has 0 saturated carbocycles. The summed E-state index contributed by atoms with van der Waals surface area (Å²) in [5.41, 5.74) is 8.97. The highest BCUT2D eigenvalue weighted by Gasteiger charge is 2.12. The molecule has 1 amide bonds. The Morgan fingerprint density at radius 2 is 1.92 bits per heavy atom. The molecular formula is C20H26N4O2. The summed E-state index contributed by atoms with van der Waals surface area (Å²) in [4.78, 5) is 14.9. The highest BCUT2D eigenvalue weighted by molar-refractivity contribution is 6.04. The van der Waals surface area contributed by atoms with Crippen LogP contribution >= 0.6 is 0 Å². The van der Waals surface area contributed by atoms with E-state index in [1.165, 1.54) is 0 Å². The smallest absolute Gasteiger partial charge is 0.255 e. The zero-order chi connectivity index (χ0) is 18.4. The van der Waals surface area contributed by atoms with Crippen LogP contribution < -0.4 is 26.0 Å². The fourth-order valence-electron chi connectivity index (χ4n) is 2.98. The molecule has 138 valence electrons. The zero-order valence-electron chi connectivity index (χ0n) is 15.1. The average molecular weight is 354 g/mol. The van der Waals surface area contributed by atoms with Crippen LogP contribution in [-0.4, -0.2) is 45.2 Å². The first-order valence-corrected chi connectivity index (χ1v) is 8.98. The molecule has 2 aromatic rings. The summed E-state index contributed by atoms with van der Waals surface area (Å²) in [6.07, 6.45) is 0. The fourth-order valence-corrected chi connectivity index (χ4v) is 2.98. The molecule has 0 unspecified atom stereocenters. The first-order valence-electron chi connectivity index (χ1n) is 8.98. The number of aryl methyl sites for hydroxylation is 1. The maximum absolute atomic E-state index is 12.5. The minimum atomic E-state index is -0.115. The third-order valence-electron chi connectivity index (χ3n) is 4.44. The average Bonchev–Trinajstić information content (AvgIpc) is 2.69. The number of piperazine rings is 1. The maximum Gasteiger partial charge on any atom is 0.255 e. The van der Waals surface area contributed by atoms with Gasteiger partial charge in [0.2, 0.25) is 0 Å². The zero-order valence-corrected chi connectivity index (χ0v) is 15.1. The molecule has 1 aliphatic rings. The van der Waals surface area contributed by atoms with E-state index in [0.717, 1.165) is 48.9 Å². The Hall–Kier alpha value is -2.57. The topological polar surface area (TPSA) is 79.6 Å². The number of anilines is 2. The first-order chi connectivity index (χ1) is 12.7. The van der Waals surface area contributed by atoms with Gasteiger partial charge in [-0.05, 0) is 55.0 Å². The van der Waals surface area contributed by atoms with Crippen molar-refractivity contribution >= 4 is 17.3 Å². The molecule has 0 radical (unpaired) electrons.